The van der Waals surface area contributed by atoms with E-state index in [9.17, 15) is 0 Å². The summed E-state index contributed by atoms with van der Waals surface area (Å²) in [5.41, 5.74) is 0. The molecule has 4 heteroatoms. The molecule has 0 atom stereocenters. The first-order valence-corrected chi connectivity index (χ1v) is 2.96. The third-order valence-corrected chi connectivity index (χ3v) is 1.26. The smallest absolute Gasteiger partial charge is 0.0420 e. The molecule has 0 aliphatic carbocycles. The van der Waals surface area contributed by atoms with Crippen molar-refractivity contribution in [1.82, 2.24) is 12.3 Å². The van der Waals surface area contributed by atoms with Gasteiger partial charge in [0.1, 0.15) is 0 Å². The molecule has 0 unspecified atom stereocenters. The van der Waals surface area contributed by atoms with Crippen molar-refractivity contribution in [2.24, 2.45) is 0 Å². The highest BCUT2D eigenvalue weighted by atomic mass is 35.5. The molecule has 0 heterocycles. The monoisotopic (exact) mass is 180 g/mol. The van der Waals surface area contributed by atoms with Crippen LogP contribution in [-0.4, -0.2) is 0 Å². The van der Waals surface area contributed by atoms with E-state index in [0.717, 1.165) is 0 Å². The first-order chi connectivity index (χ1) is 3.79. The Labute approximate surface area is 70.3 Å². The molecule has 0 saturated carbocycles. The summed E-state index contributed by atoms with van der Waals surface area (Å²) in [6, 6.07) is 7.08. The molecule has 2 nitrogen and oxygen atoms in total. The van der Waals surface area contributed by atoms with Crippen LogP contribution in [-0.2, 0) is 0 Å². The third-order valence-electron chi connectivity index (χ3n) is 0.787. The molecule has 0 bridgehead atoms. The minimum atomic E-state index is 0. The molecule has 0 radical (unpaired) electrons. The minimum absolute atomic E-state index is 0. The molecule has 0 spiro atoms. The zero-order valence-electron chi connectivity index (χ0n) is 5.48. The standard InChI is InChI=1S/C6H4Cl2.2H3N/c7-5-2-1-3-6(8)4-5;;/h1-4H;2*1H3. The van der Waals surface area contributed by atoms with Crippen LogP contribution in [0, 0.1) is 0 Å². The van der Waals surface area contributed by atoms with Gasteiger partial charge in [-0.25, -0.2) is 0 Å². The van der Waals surface area contributed by atoms with Crippen LogP contribution in [0.5, 0.6) is 0 Å². The lowest BCUT2D eigenvalue weighted by atomic mass is 10.4. The third kappa shape index (κ3) is 3.69. The van der Waals surface area contributed by atoms with Gasteiger partial charge >= 0.3 is 0 Å². The molecule has 0 aromatic heterocycles. The van der Waals surface area contributed by atoms with E-state index in [1.165, 1.54) is 0 Å². The summed E-state index contributed by atoms with van der Waals surface area (Å²) in [5.74, 6) is 0. The van der Waals surface area contributed by atoms with E-state index in [1.807, 2.05) is 6.07 Å². The molecule has 0 amide bonds. The second-order valence-electron chi connectivity index (χ2n) is 1.44. The maximum absolute atomic E-state index is 5.56. The molecule has 0 saturated heterocycles. The molecule has 0 aliphatic rings. The number of hydrogen-bond donors (Lipinski definition) is 2. The number of halogens is 2. The van der Waals surface area contributed by atoms with Crippen molar-refractivity contribution in [3.8, 4) is 0 Å². The molecule has 1 rings (SSSR count). The van der Waals surface area contributed by atoms with Gasteiger partial charge in [0, 0.05) is 10.0 Å². The summed E-state index contributed by atoms with van der Waals surface area (Å²) in [4.78, 5) is 0. The number of hydrogen-bond acceptors (Lipinski definition) is 2. The summed E-state index contributed by atoms with van der Waals surface area (Å²) >= 11 is 11.1. The van der Waals surface area contributed by atoms with Crippen LogP contribution in [0.1, 0.15) is 0 Å². The Hall–Kier alpha value is -0.280. The van der Waals surface area contributed by atoms with Gasteiger partial charge < -0.3 is 12.3 Å². The molecule has 1 aromatic carbocycles. The van der Waals surface area contributed by atoms with Crippen LogP contribution >= 0.6 is 23.2 Å². The molecule has 0 fully saturated rings. The van der Waals surface area contributed by atoms with Gasteiger partial charge in [-0.3, -0.25) is 0 Å². The van der Waals surface area contributed by atoms with E-state index in [0.29, 0.717) is 10.0 Å². The second kappa shape index (κ2) is 5.50. The lowest BCUT2D eigenvalue weighted by Gasteiger charge is -1.86. The van der Waals surface area contributed by atoms with Gasteiger partial charge in [0.15, 0.2) is 0 Å². The molecule has 10 heavy (non-hydrogen) atoms. The largest absolute Gasteiger partial charge is 0.344 e. The van der Waals surface area contributed by atoms with Gasteiger partial charge in [-0.2, -0.15) is 0 Å². The Morgan fingerprint density at radius 2 is 1.30 bits per heavy atom. The Morgan fingerprint density at radius 1 is 0.900 bits per heavy atom. The zero-order chi connectivity index (χ0) is 5.98. The zero-order valence-corrected chi connectivity index (χ0v) is 6.99. The second-order valence-corrected chi connectivity index (χ2v) is 2.31. The summed E-state index contributed by atoms with van der Waals surface area (Å²) in [7, 11) is 0. The lowest BCUT2D eigenvalue weighted by molar-refractivity contribution is 1.71. The highest BCUT2D eigenvalue weighted by Gasteiger charge is 1.84. The van der Waals surface area contributed by atoms with Crippen molar-refractivity contribution in [1.29, 1.82) is 0 Å². The van der Waals surface area contributed by atoms with E-state index >= 15 is 0 Å². The fourth-order valence-corrected chi connectivity index (χ4v) is 0.896. The van der Waals surface area contributed by atoms with E-state index in [-0.39, 0.29) is 12.3 Å². The van der Waals surface area contributed by atoms with Gasteiger partial charge in [-0.1, -0.05) is 29.3 Å². The minimum Gasteiger partial charge on any atom is -0.344 e. The highest BCUT2D eigenvalue weighted by Crippen LogP contribution is 2.13. The fraction of sp³-hybridized carbons (Fsp3) is 0. The Morgan fingerprint density at radius 3 is 1.50 bits per heavy atom. The van der Waals surface area contributed by atoms with Crippen LogP contribution in [0.2, 0.25) is 10.0 Å². The summed E-state index contributed by atoms with van der Waals surface area (Å²) in [6.07, 6.45) is 0. The van der Waals surface area contributed by atoms with Gasteiger partial charge in [0.25, 0.3) is 0 Å². The topological polar surface area (TPSA) is 70.0 Å². The van der Waals surface area contributed by atoms with Gasteiger partial charge in [0.2, 0.25) is 0 Å². The van der Waals surface area contributed by atoms with Gasteiger partial charge in [-0.15, -0.1) is 0 Å². The van der Waals surface area contributed by atoms with Crippen molar-refractivity contribution in [2.45, 2.75) is 0 Å². The first kappa shape index (κ1) is 12.4. The molecule has 6 N–H and O–H groups in total. The van der Waals surface area contributed by atoms with Gasteiger partial charge in [0.05, 0.1) is 0 Å². The van der Waals surface area contributed by atoms with Crippen LogP contribution < -0.4 is 12.3 Å². The lowest BCUT2D eigenvalue weighted by Crippen LogP contribution is -1.61. The predicted octanol–water partition coefficient (Wildman–Crippen LogP) is 3.32. The molecule has 1 aromatic rings. The normalized spacial score (nSPS) is 7.40. The van der Waals surface area contributed by atoms with Crippen LogP contribution in [0.15, 0.2) is 24.3 Å². The van der Waals surface area contributed by atoms with Crippen LogP contribution in [0.25, 0.3) is 0 Å². The maximum atomic E-state index is 5.56. The molecule has 58 valence electrons. The maximum Gasteiger partial charge on any atom is 0.0420 e. The SMILES string of the molecule is Clc1cccc(Cl)c1.N.N. The average molecular weight is 181 g/mol. The Balaban J connectivity index is 0. The quantitative estimate of drug-likeness (QED) is 0.644. The Bertz CT molecular complexity index is 174. The van der Waals surface area contributed by atoms with Crippen molar-refractivity contribution in [3.05, 3.63) is 34.3 Å². The average Bonchev–Trinajstić information content (AvgIpc) is 1.64. The van der Waals surface area contributed by atoms with E-state index < -0.39 is 0 Å². The number of rotatable bonds is 0. The number of benzene rings is 1. The van der Waals surface area contributed by atoms with Crippen molar-refractivity contribution < 1.29 is 0 Å². The predicted molar refractivity (Wildman–Crippen MR) is 46.5 cm³/mol. The Kier molecular flexibility index (Phi) is 6.82. The summed E-state index contributed by atoms with van der Waals surface area (Å²) in [6.45, 7) is 0. The van der Waals surface area contributed by atoms with E-state index in [1.54, 1.807) is 18.2 Å². The summed E-state index contributed by atoms with van der Waals surface area (Å²) in [5, 5.41) is 1.36. The molecular formula is C6H10Cl2N2. The first-order valence-electron chi connectivity index (χ1n) is 2.20. The van der Waals surface area contributed by atoms with Crippen molar-refractivity contribution >= 4 is 23.2 Å². The molecule has 0 aliphatic heterocycles. The van der Waals surface area contributed by atoms with E-state index in [2.05, 4.69) is 0 Å². The van der Waals surface area contributed by atoms with Crippen molar-refractivity contribution in [2.75, 3.05) is 0 Å². The molecular weight excluding hydrogens is 171 g/mol. The summed E-state index contributed by atoms with van der Waals surface area (Å²) < 4.78 is 0. The van der Waals surface area contributed by atoms with E-state index in [4.69, 9.17) is 23.2 Å². The van der Waals surface area contributed by atoms with Crippen LogP contribution in [0.3, 0.4) is 0 Å². The van der Waals surface area contributed by atoms with Crippen molar-refractivity contribution in [3.63, 3.8) is 0 Å². The highest BCUT2D eigenvalue weighted by molar-refractivity contribution is 6.34. The fourth-order valence-electron chi connectivity index (χ4n) is 0.460. The van der Waals surface area contributed by atoms with Gasteiger partial charge in [-0.05, 0) is 18.2 Å². The van der Waals surface area contributed by atoms with Crippen LogP contribution in [0.4, 0.5) is 0 Å².